The second-order valence-corrected chi connectivity index (χ2v) is 7.75. The van der Waals surface area contributed by atoms with Crippen LogP contribution in [0, 0.1) is 5.92 Å². The lowest BCUT2D eigenvalue weighted by atomic mass is 9.98. The lowest BCUT2D eigenvalue weighted by Gasteiger charge is -2.26. The van der Waals surface area contributed by atoms with Crippen molar-refractivity contribution in [2.24, 2.45) is 5.92 Å². The van der Waals surface area contributed by atoms with Crippen LogP contribution in [0.2, 0.25) is 0 Å². The van der Waals surface area contributed by atoms with Crippen molar-refractivity contribution in [2.75, 3.05) is 25.9 Å². The van der Waals surface area contributed by atoms with Crippen LogP contribution < -0.4 is 10.6 Å². The number of sulfone groups is 1. The Balaban J connectivity index is 2.49. The van der Waals surface area contributed by atoms with E-state index in [0.717, 1.165) is 32.2 Å². The first-order chi connectivity index (χ1) is 7.75. The van der Waals surface area contributed by atoms with Gasteiger partial charge >= 0.3 is 0 Å². The van der Waals surface area contributed by atoms with E-state index in [0.29, 0.717) is 12.5 Å². The Labute approximate surface area is 103 Å². The van der Waals surface area contributed by atoms with Gasteiger partial charge < -0.3 is 10.6 Å². The van der Waals surface area contributed by atoms with Crippen molar-refractivity contribution in [1.82, 2.24) is 10.6 Å². The monoisotopic (exact) mass is 262 g/mol. The quantitative estimate of drug-likeness (QED) is 0.743. The molecular formula is C11H22N2O3S. The number of hydrogen-bond donors (Lipinski definition) is 2. The van der Waals surface area contributed by atoms with Crippen molar-refractivity contribution in [3.05, 3.63) is 0 Å². The van der Waals surface area contributed by atoms with Gasteiger partial charge in [-0.25, -0.2) is 8.42 Å². The van der Waals surface area contributed by atoms with Crippen molar-refractivity contribution in [3.8, 4) is 0 Å². The van der Waals surface area contributed by atoms with Gasteiger partial charge in [0.2, 0.25) is 5.91 Å². The minimum atomic E-state index is -3.38. The molecule has 0 atom stereocenters. The number of hydrogen-bond acceptors (Lipinski definition) is 4. The topological polar surface area (TPSA) is 75.3 Å². The highest BCUT2D eigenvalue weighted by Crippen LogP contribution is 2.16. The summed E-state index contributed by atoms with van der Waals surface area (Å²) in [5.74, 6) is 0.0501. The summed E-state index contributed by atoms with van der Waals surface area (Å²) in [6, 6.07) is 0. The molecule has 6 heteroatoms. The van der Waals surface area contributed by atoms with E-state index in [1.165, 1.54) is 13.8 Å². The number of piperidine rings is 1. The van der Waals surface area contributed by atoms with Crippen molar-refractivity contribution < 1.29 is 13.2 Å². The fourth-order valence-corrected chi connectivity index (χ4v) is 2.11. The molecule has 0 aromatic carbocycles. The molecule has 0 bridgehead atoms. The molecule has 1 heterocycles. The SMILES string of the molecule is CC(C)(C(=O)NCC1CCNCC1)S(C)(=O)=O. The van der Waals surface area contributed by atoms with E-state index in [9.17, 15) is 13.2 Å². The highest BCUT2D eigenvalue weighted by molar-refractivity contribution is 7.92. The van der Waals surface area contributed by atoms with E-state index in [1.807, 2.05) is 0 Å². The van der Waals surface area contributed by atoms with Crippen LogP contribution in [0.5, 0.6) is 0 Å². The van der Waals surface area contributed by atoms with Crippen LogP contribution in [-0.4, -0.2) is 45.0 Å². The average molecular weight is 262 g/mol. The minimum absolute atomic E-state index is 0.404. The summed E-state index contributed by atoms with van der Waals surface area (Å²) in [7, 11) is -3.38. The molecule has 1 aliphatic rings. The van der Waals surface area contributed by atoms with Gasteiger partial charge in [0.1, 0.15) is 4.75 Å². The van der Waals surface area contributed by atoms with Gasteiger partial charge in [0.05, 0.1) is 0 Å². The molecule has 1 fully saturated rings. The molecule has 0 unspecified atom stereocenters. The van der Waals surface area contributed by atoms with Crippen LogP contribution >= 0.6 is 0 Å². The first-order valence-electron chi connectivity index (χ1n) is 5.94. The zero-order valence-electron chi connectivity index (χ0n) is 10.7. The largest absolute Gasteiger partial charge is 0.354 e. The maximum atomic E-state index is 11.8. The summed E-state index contributed by atoms with van der Waals surface area (Å²) in [5, 5.41) is 6.00. The molecule has 2 N–H and O–H groups in total. The fraction of sp³-hybridized carbons (Fsp3) is 0.909. The molecule has 0 aliphatic carbocycles. The van der Waals surface area contributed by atoms with Crippen LogP contribution in [0.3, 0.4) is 0 Å². The average Bonchev–Trinajstić information content (AvgIpc) is 2.25. The fourth-order valence-electron chi connectivity index (χ4n) is 1.70. The third-order valence-electron chi connectivity index (χ3n) is 3.48. The predicted octanol–water partition coefficient (Wildman–Crippen LogP) is -0.0746. The smallest absolute Gasteiger partial charge is 0.240 e. The Morgan fingerprint density at radius 1 is 1.35 bits per heavy atom. The summed E-state index contributed by atoms with van der Waals surface area (Å²) >= 11 is 0. The number of rotatable bonds is 4. The van der Waals surface area contributed by atoms with Gasteiger partial charge in [0, 0.05) is 12.8 Å². The lowest BCUT2D eigenvalue weighted by molar-refractivity contribution is -0.123. The molecular weight excluding hydrogens is 240 g/mol. The van der Waals surface area contributed by atoms with Crippen LogP contribution in [0.4, 0.5) is 0 Å². The Kier molecular flexibility index (Phi) is 4.55. The Bertz CT molecular complexity index is 370. The molecule has 0 saturated carbocycles. The van der Waals surface area contributed by atoms with Gasteiger partial charge in [-0.1, -0.05) is 0 Å². The van der Waals surface area contributed by atoms with E-state index < -0.39 is 20.5 Å². The Morgan fingerprint density at radius 3 is 2.35 bits per heavy atom. The van der Waals surface area contributed by atoms with Crippen LogP contribution in [0.1, 0.15) is 26.7 Å². The maximum Gasteiger partial charge on any atom is 0.240 e. The standard InChI is InChI=1S/C11H22N2O3S/c1-11(2,17(3,15)16)10(14)13-8-9-4-6-12-7-5-9/h9,12H,4-8H2,1-3H3,(H,13,14). The molecule has 5 nitrogen and oxygen atoms in total. The van der Waals surface area contributed by atoms with Gasteiger partial charge in [0.15, 0.2) is 9.84 Å². The molecule has 17 heavy (non-hydrogen) atoms. The molecule has 0 spiro atoms. The summed E-state index contributed by atoms with van der Waals surface area (Å²) in [6.45, 7) is 5.39. The van der Waals surface area contributed by atoms with Crippen molar-refractivity contribution in [2.45, 2.75) is 31.4 Å². The molecule has 1 aliphatic heterocycles. The van der Waals surface area contributed by atoms with Crippen LogP contribution in [0.15, 0.2) is 0 Å². The first kappa shape index (κ1) is 14.4. The molecule has 1 saturated heterocycles. The van der Waals surface area contributed by atoms with E-state index in [4.69, 9.17) is 0 Å². The number of amides is 1. The molecule has 0 radical (unpaired) electrons. The second kappa shape index (κ2) is 5.35. The third kappa shape index (κ3) is 3.67. The van der Waals surface area contributed by atoms with Gasteiger partial charge in [-0.15, -0.1) is 0 Å². The van der Waals surface area contributed by atoms with E-state index in [-0.39, 0.29) is 0 Å². The molecule has 100 valence electrons. The molecule has 1 rings (SSSR count). The van der Waals surface area contributed by atoms with Crippen LogP contribution in [-0.2, 0) is 14.6 Å². The normalized spacial score (nSPS) is 19.0. The second-order valence-electron chi connectivity index (χ2n) is 5.19. The summed E-state index contributed by atoms with van der Waals surface area (Å²) in [5.41, 5.74) is 0. The van der Waals surface area contributed by atoms with Gasteiger partial charge in [-0.05, 0) is 45.7 Å². The molecule has 0 aromatic rings. The van der Waals surface area contributed by atoms with E-state index >= 15 is 0 Å². The third-order valence-corrected chi connectivity index (χ3v) is 5.52. The van der Waals surface area contributed by atoms with Gasteiger partial charge in [-0.3, -0.25) is 4.79 Å². The Hall–Kier alpha value is -0.620. The van der Waals surface area contributed by atoms with E-state index in [2.05, 4.69) is 10.6 Å². The van der Waals surface area contributed by atoms with E-state index in [1.54, 1.807) is 0 Å². The highest BCUT2D eigenvalue weighted by Gasteiger charge is 2.38. The highest BCUT2D eigenvalue weighted by atomic mass is 32.2. The van der Waals surface area contributed by atoms with Gasteiger partial charge in [-0.2, -0.15) is 0 Å². The summed E-state index contributed by atoms with van der Waals surface area (Å²) in [6.07, 6.45) is 3.15. The zero-order valence-corrected chi connectivity index (χ0v) is 11.6. The zero-order chi connectivity index (χ0) is 13.1. The number of nitrogens with one attached hydrogen (secondary N) is 2. The Morgan fingerprint density at radius 2 is 1.88 bits per heavy atom. The minimum Gasteiger partial charge on any atom is -0.354 e. The van der Waals surface area contributed by atoms with Crippen molar-refractivity contribution in [1.29, 1.82) is 0 Å². The first-order valence-corrected chi connectivity index (χ1v) is 7.83. The summed E-state index contributed by atoms with van der Waals surface area (Å²) in [4.78, 5) is 11.8. The predicted molar refractivity (Wildman–Crippen MR) is 67.5 cm³/mol. The summed E-state index contributed by atoms with van der Waals surface area (Å²) < 4.78 is 21.6. The maximum absolute atomic E-state index is 11.8. The van der Waals surface area contributed by atoms with Crippen LogP contribution in [0.25, 0.3) is 0 Å². The molecule has 0 aromatic heterocycles. The molecule has 1 amide bonds. The lowest BCUT2D eigenvalue weighted by Crippen LogP contribution is -2.49. The van der Waals surface area contributed by atoms with Gasteiger partial charge in [0.25, 0.3) is 0 Å². The van der Waals surface area contributed by atoms with Crippen molar-refractivity contribution in [3.63, 3.8) is 0 Å². The number of carbonyl (C=O) groups is 1. The number of carbonyl (C=O) groups excluding carboxylic acids is 1. The van der Waals surface area contributed by atoms with Crippen molar-refractivity contribution >= 4 is 15.7 Å².